The van der Waals surface area contributed by atoms with E-state index >= 15 is 0 Å². The van der Waals surface area contributed by atoms with E-state index in [4.69, 9.17) is 4.74 Å². The zero-order valence-corrected chi connectivity index (χ0v) is 15.5. The summed E-state index contributed by atoms with van der Waals surface area (Å²) in [6, 6.07) is 2.37. The Labute approximate surface area is 143 Å². The van der Waals surface area contributed by atoms with Crippen molar-refractivity contribution >= 4 is 31.9 Å². The Bertz CT molecular complexity index is 503. The van der Waals surface area contributed by atoms with Crippen LogP contribution in [0.15, 0.2) is 21.2 Å². The second-order valence-electron chi connectivity index (χ2n) is 6.28. The van der Waals surface area contributed by atoms with Crippen molar-refractivity contribution in [2.75, 3.05) is 13.7 Å². The third-order valence-corrected chi connectivity index (χ3v) is 6.03. The Morgan fingerprint density at radius 1 is 1.38 bits per heavy atom. The summed E-state index contributed by atoms with van der Waals surface area (Å²) in [5.41, 5.74) is 1.26. The van der Waals surface area contributed by atoms with E-state index in [0.29, 0.717) is 5.92 Å². The highest BCUT2D eigenvalue weighted by Crippen LogP contribution is 2.45. The normalized spacial score (nSPS) is 26.1. The minimum atomic E-state index is 0.153. The Morgan fingerprint density at radius 3 is 2.81 bits per heavy atom. The summed E-state index contributed by atoms with van der Waals surface area (Å²) in [4.78, 5) is 4.64. The molecule has 1 aliphatic carbocycles. The van der Waals surface area contributed by atoms with Gasteiger partial charge in [-0.15, -0.1) is 0 Å². The quantitative estimate of drug-likeness (QED) is 0.779. The summed E-state index contributed by atoms with van der Waals surface area (Å²) in [6.45, 7) is 0.886. The fourth-order valence-corrected chi connectivity index (χ4v) is 5.20. The molecule has 3 rings (SSSR count). The van der Waals surface area contributed by atoms with Crippen molar-refractivity contribution in [3.8, 4) is 0 Å². The first kappa shape index (κ1) is 15.9. The Balaban J connectivity index is 1.82. The van der Waals surface area contributed by atoms with Gasteiger partial charge in [0, 0.05) is 21.7 Å². The van der Waals surface area contributed by atoms with Gasteiger partial charge in [0.1, 0.15) is 0 Å². The van der Waals surface area contributed by atoms with Crippen molar-refractivity contribution < 1.29 is 4.74 Å². The number of hydrogen-bond donors (Lipinski definition) is 1. The molecular formula is C16H22Br2N2O. The number of nitrogens with one attached hydrogen (secondary N) is 1. The molecule has 3 nitrogen and oxygen atoms in total. The van der Waals surface area contributed by atoms with Crippen LogP contribution in [0.5, 0.6) is 0 Å². The number of nitrogens with zero attached hydrogens (tertiary/aromatic N) is 1. The standard InChI is InChI=1S/C16H22Br2N2O/c1-19-14(15-13(18)8-12(17)10-20-15)11-4-7-21-16(9-11)5-2-3-6-16/h8,10-11,14,19H,2-7,9H2,1H3. The average molecular weight is 418 g/mol. The molecule has 1 aromatic rings. The zero-order chi connectivity index (χ0) is 14.9. The molecule has 1 spiro atoms. The molecule has 1 saturated carbocycles. The first-order valence-electron chi connectivity index (χ1n) is 7.76. The first-order chi connectivity index (χ1) is 10.1. The van der Waals surface area contributed by atoms with Crippen LogP contribution in [0, 0.1) is 5.92 Å². The smallest absolute Gasteiger partial charge is 0.0718 e. The van der Waals surface area contributed by atoms with Crippen LogP contribution in [0.2, 0.25) is 0 Å². The highest BCUT2D eigenvalue weighted by molar-refractivity contribution is 9.11. The van der Waals surface area contributed by atoms with E-state index in [-0.39, 0.29) is 11.6 Å². The third-order valence-electron chi connectivity index (χ3n) is 4.96. The van der Waals surface area contributed by atoms with Gasteiger partial charge in [0.2, 0.25) is 0 Å². The molecule has 2 aliphatic rings. The summed E-state index contributed by atoms with van der Waals surface area (Å²) < 4.78 is 8.25. The summed E-state index contributed by atoms with van der Waals surface area (Å²) in [5.74, 6) is 0.590. The fourth-order valence-electron chi connectivity index (χ4n) is 3.97. The number of pyridine rings is 1. The van der Waals surface area contributed by atoms with Gasteiger partial charge < -0.3 is 10.1 Å². The summed E-state index contributed by atoms with van der Waals surface area (Å²) in [7, 11) is 2.04. The van der Waals surface area contributed by atoms with Gasteiger partial charge in [0.15, 0.2) is 0 Å². The maximum atomic E-state index is 6.17. The van der Waals surface area contributed by atoms with Crippen LogP contribution in [0.4, 0.5) is 0 Å². The van der Waals surface area contributed by atoms with E-state index < -0.39 is 0 Å². The monoisotopic (exact) mass is 416 g/mol. The topological polar surface area (TPSA) is 34.2 Å². The molecular weight excluding hydrogens is 396 g/mol. The van der Waals surface area contributed by atoms with E-state index in [0.717, 1.165) is 34.1 Å². The minimum absolute atomic E-state index is 0.153. The van der Waals surface area contributed by atoms with E-state index in [2.05, 4.69) is 48.2 Å². The van der Waals surface area contributed by atoms with E-state index in [1.54, 1.807) is 0 Å². The summed E-state index contributed by atoms with van der Waals surface area (Å²) >= 11 is 7.15. The van der Waals surface area contributed by atoms with Crippen LogP contribution in [-0.4, -0.2) is 24.2 Å². The third kappa shape index (κ3) is 3.36. The second kappa shape index (κ2) is 6.65. The number of ether oxygens (including phenoxy) is 1. The van der Waals surface area contributed by atoms with Gasteiger partial charge in [0.25, 0.3) is 0 Å². The lowest BCUT2D eigenvalue weighted by atomic mass is 9.79. The van der Waals surface area contributed by atoms with Crippen molar-refractivity contribution in [3.05, 3.63) is 26.9 Å². The lowest BCUT2D eigenvalue weighted by molar-refractivity contribution is -0.0981. The maximum Gasteiger partial charge on any atom is 0.0718 e. The molecule has 2 fully saturated rings. The van der Waals surface area contributed by atoms with Gasteiger partial charge in [-0.1, -0.05) is 12.8 Å². The van der Waals surface area contributed by atoms with Gasteiger partial charge in [-0.3, -0.25) is 4.98 Å². The van der Waals surface area contributed by atoms with Crippen molar-refractivity contribution in [2.45, 2.75) is 50.2 Å². The van der Waals surface area contributed by atoms with Crippen molar-refractivity contribution in [1.82, 2.24) is 10.3 Å². The van der Waals surface area contributed by atoms with Crippen molar-refractivity contribution in [2.24, 2.45) is 5.92 Å². The molecule has 2 heterocycles. The SMILES string of the molecule is CNC(c1ncc(Br)cc1Br)C1CCOC2(CCCC2)C1. The summed E-state index contributed by atoms with van der Waals surface area (Å²) in [5, 5.41) is 3.49. The highest BCUT2D eigenvalue weighted by Gasteiger charge is 2.42. The molecule has 2 unspecified atom stereocenters. The first-order valence-corrected chi connectivity index (χ1v) is 9.34. The molecule has 5 heteroatoms. The van der Waals surface area contributed by atoms with Gasteiger partial charge in [0.05, 0.1) is 17.3 Å². The molecule has 1 N–H and O–H groups in total. The predicted octanol–water partition coefficient (Wildman–Crippen LogP) is 4.61. The Kier molecular flexibility index (Phi) is 5.04. The lowest BCUT2D eigenvalue weighted by Gasteiger charge is -2.41. The van der Waals surface area contributed by atoms with Gasteiger partial charge in [-0.2, -0.15) is 0 Å². The predicted molar refractivity (Wildman–Crippen MR) is 91.3 cm³/mol. The highest BCUT2D eigenvalue weighted by atomic mass is 79.9. The fraction of sp³-hybridized carbons (Fsp3) is 0.688. The van der Waals surface area contributed by atoms with Crippen LogP contribution < -0.4 is 5.32 Å². The molecule has 0 amide bonds. The molecule has 1 aliphatic heterocycles. The van der Waals surface area contributed by atoms with Crippen LogP contribution in [0.1, 0.15) is 50.3 Å². The number of aromatic nitrogens is 1. The van der Waals surface area contributed by atoms with E-state index in [1.807, 2.05) is 13.2 Å². The van der Waals surface area contributed by atoms with E-state index in [1.165, 1.54) is 25.7 Å². The van der Waals surface area contributed by atoms with Crippen LogP contribution >= 0.6 is 31.9 Å². The van der Waals surface area contributed by atoms with Crippen molar-refractivity contribution in [3.63, 3.8) is 0 Å². The maximum absolute atomic E-state index is 6.17. The molecule has 0 bridgehead atoms. The molecule has 1 aromatic heterocycles. The van der Waals surface area contributed by atoms with Crippen LogP contribution in [0.25, 0.3) is 0 Å². The zero-order valence-electron chi connectivity index (χ0n) is 12.4. The number of halogens is 2. The Hall–Kier alpha value is 0.0300. The number of rotatable bonds is 3. The van der Waals surface area contributed by atoms with Gasteiger partial charge in [-0.05, 0) is 76.6 Å². The van der Waals surface area contributed by atoms with Crippen LogP contribution in [-0.2, 0) is 4.74 Å². The molecule has 2 atom stereocenters. The lowest BCUT2D eigenvalue weighted by Crippen LogP contribution is -2.41. The largest absolute Gasteiger partial charge is 0.375 e. The molecule has 0 aromatic carbocycles. The molecule has 0 radical (unpaired) electrons. The number of hydrogen-bond acceptors (Lipinski definition) is 3. The molecule has 1 saturated heterocycles. The molecule has 116 valence electrons. The van der Waals surface area contributed by atoms with E-state index in [9.17, 15) is 0 Å². The van der Waals surface area contributed by atoms with Crippen LogP contribution in [0.3, 0.4) is 0 Å². The Morgan fingerprint density at radius 2 is 2.14 bits per heavy atom. The minimum Gasteiger partial charge on any atom is -0.375 e. The average Bonchev–Trinajstić information content (AvgIpc) is 2.90. The van der Waals surface area contributed by atoms with Gasteiger partial charge >= 0.3 is 0 Å². The summed E-state index contributed by atoms with van der Waals surface area (Å²) in [6.07, 6.45) is 9.24. The molecule has 21 heavy (non-hydrogen) atoms. The van der Waals surface area contributed by atoms with Gasteiger partial charge in [-0.25, -0.2) is 0 Å². The van der Waals surface area contributed by atoms with Crippen molar-refractivity contribution in [1.29, 1.82) is 0 Å². The second-order valence-corrected chi connectivity index (χ2v) is 8.05.